The van der Waals surface area contributed by atoms with Gasteiger partial charge in [-0.1, -0.05) is 6.07 Å². The fourth-order valence-electron chi connectivity index (χ4n) is 3.06. The van der Waals surface area contributed by atoms with Crippen molar-refractivity contribution < 1.29 is 8.81 Å². The Labute approximate surface area is 150 Å². The van der Waals surface area contributed by atoms with Crippen LogP contribution in [0, 0.1) is 5.82 Å². The Morgan fingerprint density at radius 1 is 1.00 bits per heavy atom. The van der Waals surface area contributed by atoms with E-state index in [0.29, 0.717) is 5.89 Å². The number of halogens is 1. The molecule has 4 nitrogen and oxygen atoms in total. The molecule has 0 amide bonds. The molecule has 0 N–H and O–H groups in total. The normalized spacial score (nSPS) is 16.4. The largest absolute Gasteiger partial charge is 0.444 e. The van der Waals surface area contributed by atoms with Crippen LogP contribution in [0.3, 0.4) is 0 Å². The molecule has 25 heavy (non-hydrogen) atoms. The minimum Gasteiger partial charge on any atom is -0.444 e. The number of thiophene rings is 1. The number of hydrogen-bond donors (Lipinski definition) is 0. The number of hydrogen-bond acceptors (Lipinski definition) is 5. The van der Waals surface area contributed by atoms with Gasteiger partial charge in [-0.15, -0.1) is 11.3 Å². The lowest BCUT2D eigenvalue weighted by Gasteiger charge is -2.33. The summed E-state index contributed by atoms with van der Waals surface area (Å²) in [5.41, 5.74) is 1.72. The van der Waals surface area contributed by atoms with E-state index < -0.39 is 0 Å². The summed E-state index contributed by atoms with van der Waals surface area (Å²) in [6.45, 7) is 6.04. The summed E-state index contributed by atoms with van der Waals surface area (Å²) >= 11 is 1.82. The molecule has 0 atom stereocenters. The van der Waals surface area contributed by atoms with Crippen LogP contribution in [-0.2, 0) is 13.1 Å². The van der Waals surface area contributed by atoms with Crippen molar-refractivity contribution in [1.29, 1.82) is 0 Å². The molecule has 1 aliphatic heterocycles. The Hall–Kier alpha value is -2.02. The molecular formula is C19H20FN3OS. The van der Waals surface area contributed by atoms with Crippen molar-refractivity contribution in [3.8, 4) is 11.5 Å². The van der Waals surface area contributed by atoms with Crippen LogP contribution in [0.1, 0.15) is 10.6 Å². The highest BCUT2D eigenvalue weighted by Crippen LogP contribution is 2.20. The van der Waals surface area contributed by atoms with Gasteiger partial charge in [-0.05, 0) is 35.7 Å². The Kier molecular flexibility index (Phi) is 4.92. The lowest BCUT2D eigenvalue weighted by Crippen LogP contribution is -2.45. The van der Waals surface area contributed by atoms with E-state index in [0.717, 1.165) is 50.5 Å². The average molecular weight is 357 g/mol. The van der Waals surface area contributed by atoms with Gasteiger partial charge in [0.15, 0.2) is 0 Å². The number of aromatic nitrogens is 1. The lowest BCUT2D eigenvalue weighted by atomic mass is 10.2. The summed E-state index contributed by atoms with van der Waals surface area (Å²) in [5.74, 6) is 0.294. The van der Waals surface area contributed by atoms with Gasteiger partial charge in [-0.3, -0.25) is 9.80 Å². The Balaban J connectivity index is 1.31. The Bertz CT molecular complexity index is 792. The predicted molar refractivity (Wildman–Crippen MR) is 96.8 cm³/mol. The highest BCUT2D eigenvalue weighted by molar-refractivity contribution is 7.09. The molecule has 6 heteroatoms. The van der Waals surface area contributed by atoms with Crippen LogP contribution in [0.5, 0.6) is 0 Å². The van der Waals surface area contributed by atoms with Crippen LogP contribution in [-0.4, -0.2) is 41.0 Å². The third-order valence-electron chi connectivity index (χ3n) is 4.45. The van der Waals surface area contributed by atoms with Gasteiger partial charge in [-0.2, -0.15) is 0 Å². The molecule has 3 heterocycles. The van der Waals surface area contributed by atoms with E-state index in [2.05, 4.69) is 32.3 Å². The van der Waals surface area contributed by atoms with Gasteiger partial charge in [0.1, 0.15) is 12.1 Å². The molecule has 1 fully saturated rings. The Morgan fingerprint density at radius 2 is 1.72 bits per heavy atom. The summed E-state index contributed by atoms with van der Waals surface area (Å²) < 4.78 is 18.6. The molecule has 0 bridgehead atoms. The molecule has 1 aromatic carbocycles. The second-order valence-electron chi connectivity index (χ2n) is 6.28. The monoisotopic (exact) mass is 357 g/mol. The molecule has 4 rings (SSSR count). The van der Waals surface area contributed by atoms with Crippen LogP contribution in [0.4, 0.5) is 4.39 Å². The fraction of sp³-hybridized carbons (Fsp3) is 0.316. The summed E-state index contributed by atoms with van der Waals surface area (Å²) in [5, 5.41) is 2.13. The van der Waals surface area contributed by atoms with Gasteiger partial charge in [0, 0.05) is 49.7 Å². The average Bonchev–Trinajstić information content (AvgIpc) is 3.29. The second-order valence-corrected chi connectivity index (χ2v) is 7.31. The summed E-state index contributed by atoms with van der Waals surface area (Å²) in [4.78, 5) is 10.9. The maximum absolute atomic E-state index is 13.0. The molecule has 0 spiro atoms. The minimum atomic E-state index is -0.254. The van der Waals surface area contributed by atoms with Gasteiger partial charge in [0.05, 0.1) is 5.69 Å². The maximum Gasteiger partial charge on any atom is 0.226 e. The first kappa shape index (κ1) is 16.4. The maximum atomic E-state index is 13.0. The van der Waals surface area contributed by atoms with Crippen molar-refractivity contribution in [2.45, 2.75) is 13.1 Å². The molecule has 1 aliphatic rings. The standard InChI is InChI=1S/C19H20FN3OS/c20-16-5-3-15(4-6-16)19-21-17(14-24-19)12-22-7-9-23(10-8-22)13-18-2-1-11-25-18/h1-6,11,14H,7-10,12-13H2. The third kappa shape index (κ3) is 4.15. The van der Waals surface area contributed by atoms with Crippen molar-refractivity contribution in [3.05, 3.63) is 64.4 Å². The zero-order chi connectivity index (χ0) is 17.1. The van der Waals surface area contributed by atoms with Crippen molar-refractivity contribution >= 4 is 11.3 Å². The van der Waals surface area contributed by atoms with Crippen molar-refractivity contribution in [2.24, 2.45) is 0 Å². The zero-order valence-electron chi connectivity index (χ0n) is 13.9. The SMILES string of the molecule is Fc1ccc(-c2nc(CN3CCN(Cc4cccs4)CC3)co2)cc1. The number of rotatable bonds is 5. The molecule has 0 saturated carbocycles. The number of nitrogens with zero attached hydrogens (tertiary/aromatic N) is 3. The number of benzene rings is 1. The molecule has 2 aromatic heterocycles. The molecule has 0 radical (unpaired) electrons. The van der Waals surface area contributed by atoms with Gasteiger partial charge < -0.3 is 4.42 Å². The summed E-state index contributed by atoms with van der Waals surface area (Å²) in [6, 6.07) is 10.5. The molecule has 130 valence electrons. The highest BCUT2D eigenvalue weighted by Gasteiger charge is 2.18. The van der Waals surface area contributed by atoms with Crippen LogP contribution >= 0.6 is 11.3 Å². The molecule has 3 aromatic rings. The summed E-state index contributed by atoms with van der Waals surface area (Å²) in [7, 11) is 0. The Morgan fingerprint density at radius 3 is 2.40 bits per heavy atom. The van der Waals surface area contributed by atoms with Crippen molar-refractivity contribution in [1.82, 2.24) is 14.8 Å². The molecular weight excluding hydrogens is 337 g/mol. The van der Waals surface area contributed by atoms with Gasteiger partial charge in [0.2, 0.25) is 5.89 Å². The van der Waals surface area contributed by atoms with Gasteiger partial charge in [-0.25, -0.2) is 9.37 Å². The van der Waals surface area contributed by atoms with E-state index in [4.69, 9.17) is 4.42 Å². The van der Waals surface area contributed by atoms with Crippen LogP contribution < -0.4 is 0 Å². The van der Waals surface area contributed by atoms with E-state index in [-0.39, 0.29) is 5.82 Å². The van der Waals surface area contributed by atoms with E-state index in [1.165, 1.54) is 17.0 Å². The topological polar surface area (TPSA) is 32.5 Å². The van der Waals surface area contributed by atoms with E-state index in [1.807, 2.05) is 11.3 Å². The third-order valence-corrected chi connectivity index (χ3v) is 5.31. The molecule has 1 saturated heterocycles. The predicted octanol–water partition coefficient (Wildman–Crippen LogP) is 3.86. The molecule has 0 unspecified atom stereocenters. The molecule has 0 aliphatic carbocycles. The zero-order valence-corrected chi connectivity index (χ0v) is 14.7. The second kappa shape index (κ2) is 7.47. The van der Waals surface area contributed by atoms with E-state index in [9.17, 15) is 4.39 Å². The quantitative estimate of drug-likeness (QED) is 0.694. The first-order valence-corrected chi connectivity index (χ1v) is 9.32. The van der Waals surface area contributed by atoms with Gasteiger partial charge >= 0.3 is 0 Å². The highest BCUT2D eigenvalue weighted by atomic mass is 32.1. The first-order valence-electron chi connectivity index (χ1n) is 8.44. The van der Waals surface area contributed by atoms with Gasteiger partial charge in [0.25, 0.3) is 0 Å². The van der Waals surface area contributed by atoms with Crippen LogP contribution in [0.15, 0.2) is 52.5 Å². The van der Waals surface area contributed by atoms with Crippen LogP contribution in [0.2, 0.25) is 0 Å². The van der Waals surface area contributed by atoms with E-state index in [1.54, 1.807) is 18.4 Å². The lowest BCUT2D eigenvalue weighted by molar-refractivity contribution is 0.122. The van der Waals surface area contributed by atoms with Crippen LogP contribution in [0.25, 0.3) is 11.5 Å². The van der Waals surface area contributed by atoms with E-state index >= 15 is 0 Å². The fourth-order valence-corrected chi connectivity index (χ4v) is 3.81. The van der Waals surface area contributed by atoms with Crippen molar-refractivity contribution in [2.75, 3.05) is 26.2 Å². The minimum absolute atomic E-state index is 0.254. The number of piperazine rings is 1. The number of oxazole rings is 1. The smallest absolute Gasteiger partial charge is 0.226 e. The first-order chi connectivity index (χ1) is 12.3. The summed E-state index contributed by atoms with van der Waals surface area (Å²) in [6.07, 6.45) is 1.71. The van der Waals surface area contributed by atoms with Crippen molar-refractivity contribution in [3.63, 3.8) is 0 Å².